The van der Waals surface area contributed by atoms with Gasteiger partial charge in [-0.25, -0.2) is 0 Å². The molecule has 0 saturated heterocycles. The van der Waals surface area contributed by atoms with E-state index in [2.05, 4.69) is 5.09 Å². The number of rotatable bonds is 4. The Morgan fingerprint density at radius 2 is 1.61 bits per heavy atom. The zero-order chi connectivity index (χ0) is 13.9. The van der Waals surface area contributed by atoms with Crippen LogP contribution in [0.25, 0.3) is 0 Å². The van der Waals surface area contributed by atoms with Crippen molar-refractivity contribution in [2.75, 3.05) is 28.2 Å². The van der Waals surface area contributed by atoms with E-state index in [9.17, 15) is 9.69 Å². The minimum absolute atomic E-state index is 0.316. The van der Waals surface area contributed by atoms with Gasteiger partial charge in [-0.15, -0.1) is 0 Å². The van der Waals surface area contributed by atoms with Crippen molar-refractivity contribution < 1.29 is 9.69 Å². The number of hydrogen-bond donors (Lipinski definition) is 2. The summed E-state index contributed by atoms with van der Waals surface area (Å²) in [5, 5.41) is 3.26. The van der Waals surface area contributed by atoms with Crippen LogP contribution in [0, 0.1) is 0 Å². The molecule has 0 spiro atoms. The molecule has 102 valence electrons. The molecule has 0 heterocycles. The van der Waals surface area contributed by atoms with Crippen LogP contribution < -0.4 is 5.09 Å². The predicted octanol–water partition coefficient (Wildman–Crippen LogP) is 1.60. The molecule has 0 aromatic heterocycles. The van der Waals surface area contributed by atoms with Gasteiger partial charge < -0.3 is 0 Å². The molecule has 1 aromatic carbocycles. The zero-order valence-corrected chi connectivity index (χ0v) is 12.7. The first kappa shape index (κ1) is 15.3. The molecule has 2 N–H and O–H groups in total. The fourth-order valence-electron chi connectivity index (χ4n) is 1.45. The maximum atomic E-state index is 12.0. The molecule has 1 aromatic rings. The topological polar surface area (TPSA) is 55.8 Å². The van der Waals surface area contributed by atoms with Crippen molar-refractivity contribution in [1.82, 2.24) is 14.4 Å². The number of hydrogen-bond acceptors (Lipinski definition) is 4. The molecule has 0 aliphatic heterocycles. The van der Waals surface area contributed by atoms with Gasteiger partial charge in [-0.05, 0) is 0 Å². The number of nitrogens with one attached hydrogen (secondary N) is 1. The van der Waals surface area contributed by atoms with Gasteiger partial charge in [0.2, 0.25) is 0 Å². The zero-order valence-electron chi connectivity index (χ0n) is 10.9. The summed E-state index contributed by atoms with van der Waals surface area (Å²) in [6, 6.07) is 6.53. The van der Waals surface area contributed by atoms with E-state index in [1.54, 1.807) is 61.8 Å². The van der Waals surface area contributed by atoms with Gasteiger partial charge in [-0.2, -0.15) is 0 Å². The van der Waals surface area contributed by atoms with Crippen molar-refractivity contribution in [3.8, 4) is 0 Å². The molecule has 18 heavy (non-hydrogen) atoms. The van der Waals surface area contributed by atoms with Crippen LogP contribution in [0.3, 0.4) is 0 Å². The molecule has 1 rings (SSSR count). The van der Waals surface area contributed by atoms with Crippen LogP contribution in [0.5, 0.6) is 0 Å². The van der Waals surface area contributed by atoms with Gasteiger partial charge in [0, 0.05) is 0 Å². The first-order valence-corrected chi connectivity index (χ1v) is 7.64. The molecular weight excluding hydrogens is 273 g/mol. The summed E-state index contributed by atoms with van der Waals surface area (Å²) in [6.07, 6.45) is 0. The fraction of sp³-hybridized carbons (Fsp3) is 0.364. The summed E-state index contributed by atoms with van der Waals surface area (Å²) in [5.74, 6) is -0.316. The summed E-state index contributed by atoms with van der Waals surface area (Å²) in [5.41, 5.74) is 0.467. The van der Waals surface area contributed by atoms with Crippen molar-refractivity contribution in [2.45, 2.75) is 0 Å². The standard InChI is InChI=1S/C11H19ClN3O2P/c1-14(2)18(17,15(3)4)13-11(16)9-5-7-10(12)8-6-9/h5-8,17-18H,1-4H3,(H,13,16). The Kier molecular flexibility index (Phi) is 5.08. The summed E-state index contributed by atoms with van der Waals surface area (Å²) < 4.78 is 3.28. The van der Waals surface area contributed by atoms with E-state index in [-0.39, 0.29) is 5.91 Å². The number of benzene rings is 1. The normalized spacial score (nSPS) is 12.9. The van der Waals surface area contributed by atoms with Gasteiger partial charge in [0.1, 0.15) is 0 Å². The Hall–Kier alpha value is -0.710. The van der Waals surface area contributed by atoms with Gasteiger partial charge in [0.15, 0.2) is 0 Å². The summed E-state index contributed by atoms with van der Waals surface area (Å²) >= 11 is 5.76. The van der Waals surface area contributed by atoms with E-state index in [0.717, 1.165) is 0 Å². The van der Waals surface area contributed by atoms with Crippen molar-refractivity contribution in [2.24, 2.45) is 0 Å². The molecule has 0 atom stereocenters. The van der Waals surface area contributed by atoms with Crippen molar-refractivity contribution in [3.63, 3.8) is 0 Å². The monoisotopic (exact) mass is 291 g/mol. The third-order valence-corrected chi connectivity index (χ3v) is 5.94. The van der Waals surface area contributed by atoms with Crippen LogP contribution in [0.2, 0.25) is 5.02 Å². The van der Waals surface area contributed by atoms with E-state index in [1.165, 1.54) is 0 Å². The second-order valence-electron chi connectivity index (χ2n) is 4.39. The molecule has 0 aliphatic rings. The van der Waals surface area contributed by atoms with Crippen LogP contribution in [0.1, 0.15) is 10.4 Å². The Balaban J connectivity index is 2.89. The van der Waals surface area contributed by atoms with Crippen LogP contribution in [-0.4, -0.2) is 48.3 Å². The molecule has 1 amide bonds. The van der Waals surface area contributed by atoms with Gasteiger partial charge in [-0.3, -0.25) is 0 Å². The quantitative estimate of drug-likeness (QED) is 0.827. The predicted molar refractivity (Wildman–Crippen MR) is 76.8 cm³/mol. The van der Waals surface area contributed by atoms with Crippen LogP contribution >= 0.6 is 19.5 Å². The Labute approximate surface area is 113 Å². The van der Waals surface area contributed by atoms with Crippen LogP contribution in [0.15, 0.2) is 24.3 Å². The van der Waals surface area contributed by atoms with Gasteiger partial charge in [0.05, 0.1) is 0 Å². The fourth-order valence-corrected chi connectivity index (χ4v) is 3.27. The molecule has 0 aliphatic carbocycles. The third-order valence-electron chi connectivity index (χ3n) is 2.63. The summed E-state index contributed by atoms with van der Waals surface area (Å²) in [4.78, 5) is 22.5. The molecule has 0 fully saturated rings. The average Bonchev–Trinajstić information content (AvgIpc) is 2.29. The molecule has 7 heteroatoms. The SMILES string of the molecule is CN(C)[PH](O)(NC(=O)c1ccc(Cl)cc1)N(C)C. The minimum atomic E-state index is -3.13. The molecule has 0 unspecified atom stereocenters. The molecule has 5 nitrogen and oxygen atoms in total. The van der Waals surface area contributed by atoms with Crippen molar-refractivity contribution >= 4 is 25.4 Å². The molecule has 0 bridgehead atoms. The van der Waals surface area contributed by atoms with Crippen LogP contribution in [0.4, 0.5) is 0 Å². The van der Waals surface area contributed by atoms with E-state index in [4.69, 9.17) is 11.6 Å². The number of carbonyl (C=O) groups is 1. The first-order chi connectivity index (χ1) is 8.27. The summed E-state index contributed by atoms with van der Waals surface area (Å²) in [7, 11) is 3.79. The van der Waals surface area contributed by atoms with Gasteiger partial charge in [-0.1, -0.05) is 0 Å². The number of carbonyl (C=O) groups excluding carboxylic acids is 1. The molecular formula is C11H19ClN3O2P. The van der Waals surface area contributed by atoms with Crippen molar-refractivity contribution in [1.29, 1.82) is 0 Å². The molecule has 0 radical (unpaired) electrons. The number of amides is 1. The average molecular weight is 292 g/mol. The Morgan fingerprint density at radius 1 is 1.17 bits per heavy atom. The van der Waals surface area contributed by atoms with E-state index >= 15 is 0 Å². The maximum absolute atomic E-state index is 12.0. The molecule has 0 saturated carbocycles. The Morgan fingerprint density at radius 3 is 2.00 bits per heavy atom. The van der Waals surface area contributed by atoms with Gasteiger partial charge >= 0.3 is 113 Å². The van der Waals surface area contributed by atoms with Crippen molar-refractivity contribution in [3.05, 3.63) is 34.9 Å². The second-order valence-corrected chi connectivity index (χ2v) is 8.13. The second kappa shape index (κ2) is 5.95. The third kappa shape index (κ3) is 3.40. The van der Waals surface area contributed by atoms with Gasteiger partial charge in [0.25, 0.3) is 0 Å². The Bertz CT molecular complexity index is 415. The van der Waals surface area contributed by atoms with Crippen LogP contribution in [-0.2, 0) is 0 Å². The van der Waals surface area contributed by atoms with E-state index in [1.807, 2.05) is 0 Å². The number of nitrogens with zero attached hydrogens (tertiary/aromatic N) is 2. The van der Waals surface area contributed by atoms with E-state index < -0.39 is 7.94 Å². The number of halogens is 1. The van der Waals surface area contributed by atoms with E-state index in [0.29, 0.717) is 10.6 Å². The summed E-state index contributed by atoms with van der Waals surface area (Å²) in [6.45, 7) is 0. The first-order valence-electron chi connectivity index (χ1n) is 5.42.